The molecule has 0 bridgehead atoms. The normalized spacial score (nSPS) is 12.6. The van der Waals surface area contributed by atoms with Crippen LogP contribution in [0.3, 0.4) is 0 Å². The Morgan fingerprint density at radius 1 is 1.32 bits per heavy atom. The van der Waals surface area contributed by atoms with Crippen molar-refractivity contribution >= 4 is 0 Å². The standard InChI is InChI=1S/C13H18FN5/c1-2-19-13(16-9-17-19)8-12(18-15)7-10-3-5-11(14)6-4-10/h3-6,9,12,18H,2,7-8,15H2,1H3. The van der Waals surface area contributed by atoms with Gasteiger partial charge >= 0.3 is 0 Å². The molecule has 0 aliphatic rings. The molecule has 0 saturated heterocycles. The van der Waals surface area contributed by atoms with E-state index in [2.05, 4.69) is 15.5 Å². The van der Waals surface area contributed by atoms with Crippen molar-refractivity contribution in [2.45, 2.75) is 32.4 Å². The minimum atomic E-state index is -0.230. The van der Waals surface area contributed by atoms with Crippen LogP contribution in [0.1, 0.15) is 18.3 Å². The summed E-state index contributed by atoms with van der Waals surface area (Å²) in [4.78, 5) is 4.23. The number of rotatable bonds is 6. The van der Waals surface area contributed by atoms with Gasteiger partial charge in [0.2, 0.25) is 0 Å². The van der Waals surface area contributed by atoms with Crippen molar-refractivity contribution < 1.29 is 4.39 Å². The Kier molecular flexibility index (Phi) is 4.59. The smallest absolute Gasteiger partial charge is 0.138 e. The molecule has 1 atom stereocenters. The van der Waals surface area contributed by atoms with Gasteiger partial charge in [-0.3, -0.25) is 16.0 Å². The SMILES string of the molecule is CCn1ncnc1CC(Cc1ccc(F)cc1)NN. The monoisotopic (exact) mass is 263 g/mol. The van der Waals surface area contributed by atoms with Crippen molar-refractivity contribution in [2.24, 2.45) is 5.84 Å². The van der Waals surface area contributed by atoms with E-state index in [9.17, 15) is 4.39 Å². The van der Waals surface area contributed by atoms with E-state index in [-0.39, 0.29) is 11.9 Å². The second-order valence-corrected chi connectivity index (χ2v) is 4.39. The van der Waals surface area contributed by atoms with E-state index in [0.717, 1.165) is 17.9 Å². The molecule has 2 rings (SSSR count). The summed E-state index contributed by atoms with van der Waals surface area (Å²) in [5, 5.41) is 4.13. The van der Waals surface area contributed by atoms with Crippen LogP contribution in [0, 0.1) is 5.82 Å². The third-order valence-electron chi connectivity index (χ3n) is 3.06. The Bertz CT molecular complexity index is 508. The highest BCUT2D eigenvalue weighted by Gasteiger charge is 2.13. The van der Waals surface area contributed by atoms with Crippen LogP contribution < -0.4 is 11.3 Å². The molecule has 102 valence electrons. The fourth-order valence-electron chi connectivity index (χ4n) is 2.03. The van der Waals surface area contributed by atoms with Crippen LogP contribution in [0.25, 0.3) is 0 Å². The molecule has 0 aliphatic heterocycles. The van der Waals surface area contributed by atoms with Gasteiger partial charge in [0.05, 0.1) is 0 Å². The molecule has 3 N–H and O–H groups in total. The predicted molar refractivity (Wildman–Crippen MR) is 70.6 cm³/mol. The molecule has 6 heteroatoms. The fourth-order valence-corrected chi connectivity index (χ4v) is 2.03. The number of nitrogens with one attached hydrogen (secondary N) is 1. The van der Waals surface area contributed by atoms with Gasteiger partial charge in [-0.2, -0.15) is 5.10 Å². The molecule has 19 heavy (non-hydrogen) atoms. The van der Waals surface area contributed by atoms with Crippen LogP contribution in [-0.2, 0) is 19.4 Å². The van der Waals surface area contributed by atoms with Crippen molar-refractivity contribution in [2.75, 3.05) is 0 Å². The Labute approximate surface area is 111 Å². The highest BCUT2D eigenvalue weighted by atomic mass is 19.1. The quantitative estimate of drug-likeness (QED) is 0.604. The lowest BCUT2D eigenvalue weighted by Gasteiger charge is -2.15. The number of hydrogen-bond acceptors (Lipinski definition) is 4. The van der Waals surface area contributed by atoms with Crippen LogP contribution in [0.15, 0.2) is 30.6 Å². The highest BCUT2D eigenvalue weighted by Crippen LogP contribution is 2.08. The molecule has 0 fully saturated rings. The summed E-state index contributed by atoms with van der Waals surface area (Å²) >= 11 is 0. The van der Waals surface area contributed by atoms with Gasteiger partial charge in [-0.05, 0) is 31.0 Å². The van der Waals surface area contributed by atoms with Crippen molar-refractivity contribution in [1.82, 2.24) is 20.2 Å². The molecule has 5 nitrogen and oxygen atoms in total. The topological polar surface area (TPSA) is 68.8 Å². The molecule has 1 aromatic heterocycles. The third kappa shape index (κ3) is 3.59. The maximum atomic E-state index is 12.8. The van der Waals surface area contributed by atoms with E-state index >= 15 is 0 Å². The van der Waals surface area contributed by atoms with Gasteiger partial charge in [0.1, 0.15) is 18.0 Å². The molecule has 0 aliphatic carbocycles. The van der Waals surface area contributed by atoms with E-state index in [4.69, 9.17) is 5.84 Å². The largest absolute Gasteiger partial charge is 0.271 e. The third-order valence-corrected chi connectivity index (χ3v) is 3.06. The molecular weight excluding hydrogens is 245 g/mol. The fraction of sp³-hybridized carbons (Fsp3) is 0.385. The lowest BCUT2D eigenvalue weighted by Crippen LogP contribution is -2.39. The van der Waals surface area contributed by atoms with Crippen LogP contribution in [0.2, 0.25) is 0 Å². The van der Waals surface area contributed by atoms with Crippen molar-refractivity contribution in [3.63, 3.8) is 0 Å². The van der Waals surface area contributed by atoms with Crippen molar-refractivity contribution in [1.29, 1.82) is 0 Å². The summed E-state index contributed by atoms with van der Waals surface area (Å²) < 4.78 is 14.7. The predicted octanol–water partition coefficient (Wildman–Crippen LogP) is 1.05. The molecule has 2 aromatic rings. The van der Waals surface area contributed by atoms with E-state index < -0.39 is 0 Å². The van der Waals surface area contributed by atoms with E-state index in [1.54, 1.807) is 18.5 Å². The molecule has 0 radical (unpaired) electrons. The summed E-state index contributed by atoms with van der Waals surface area (Å²) in [5.74, 6) is 6.24. The number of benzene rings is 1. The summed E-state index contributed by atoms with van der Waals surface area (Å²) in [6.07, 6.45) is 2.94. The summed E-state index contributed by atoms with van der Waals surface area (Å²) in [5.41, 5.74) is 3.81. The van der Waals surface area contributed by atoms with Crippen LogP contribution in [0.4, 0.5) is 4.39 Å². The Balaban J connectivity index is 2.02. The summed E-state index contributed by atoms with van der Waals surface area (Å²) in [6.45, 7) is 2.80. The number of hydrazine groups is 1. The van der Waals surface area contributed by atoms with Crippen molar-refractivity contribution in [3.8, 4) is 0 Å². The Hall–Kier alpha value is -1.79. The van der Waals surface area contributed by atoms with E-state index in [1.165, 1.54) is 12.1 Å². The Morgan fingerprint density at radius 3 is 2.68 bits per heavy atom. The first-order chi connectivity index (χ1) is 9.22. The number of hydrogen-bond donors (Lipinski definition) is 2. The zero-order chi connectivity index (χ0) is 13.7. The summed E-state index contributed by atoms with van der Waals surface area (Å²) in [7, 11) is 0. The van der Waals surface area contributed by atoms with Gasteiger partial charge in [0.25, 0.3) is 0 Å². The van der Waals surface area contributed by atoms with Crippen molar-refractivity contribution in [3.05, 3.63) is 47.8 Å². The van der Waals surface area contributed by atoms with E-state index in [0.29, 0.717) is 12.8 Å². The molecule has 0 saturated carbocycles. The first kappa shape index (κ1) is 13.6. The number of aromatic nitrogens is 3. The molecular formula is C13H18FN5. The highest BCUT2D eigenvalue weighted by molar-refractivity contribution is 5.17. The Morgan fingerprint density at radius 2 is 2.05 bits per heavy atom. The maximum absolute atomic E-state index is 12.8. The molecule has 0 amide bonds. The lowest BCUT2D eigenvalue weighted by molar-refractivity contribution is 0.489. The second-order valence-electron chi connectivity index (χ2n) is 4.39. The van der Waals surface area contributed by atoms with Gasteiger partial charge in [-0.15, -0.1) is 0 Å². The first-order valence-electron chi connectivity index (χ1n) is 6.30. The zero-order valence-electron chi connectivity index (χ0n) is 10.9. The average molecular weight is 263 g/mol. The van der Waals surface area contributed by atoms with Gasteiger partial charge in [-0.1, -0.05) is 12.1 Å². The number of nitrogens with zero attached hydrogens (tertiary/aromatic N) is 3. The number of halogens is 1. The lowest BCUT2D eigenvalue weighted by atomic mass is 10.0. The van der Waals surface area contributed by atoms with Crippen LogP contribution >= 0.6 is 0 Å². The van der Waals surface area contributed by atoms with Gasteiger partial charge in [-0.25, -0.2) is 9.37 Å². The molecule has 0 spiro atoms. The number of nitrogens with two attached hydrogens (primary N) is 1. The minimum Gasteiger partial charge on any atom is -0.271 e. The van der Waals surface area contributed by atoms with Gasteiger partial charge in [0, 0.05) is 19.0 Å². The second kappa shape index (κ2) is 6.40. The van der Waals surface area contributed by atoms with Crippen LogP contribution in [-0.4, -0.2) is 20.8 Å². The van der Waals surface area contributed by atoms with E-state index in [1.807, 2.05) is 11.6 Å². The maximum Gasteiger partial charge on any atom is 0.138 e. The zero-order valence-corrected chi connectivity index (χ0v) is 10.9. The summed E-state index contributed by atoms with van der Waals surface area (Å²) in [6, 6.07) is 6.49. The molecule has 1 heterocycles. The average Bonchev–Trinajstić information content (AvgIpc) is 2.87. The molecule has 1 aromatic carbocycles. The minimum absolute atomic E-state index is 0.0416. The number of aryl methyl sites for hydroxylation is 1. The van der Waals surface area contributed by atoms with Gasteiger partial charge < -0.3 is 0 Å². The van der Waals surface area contributed by atoms with Crippen LogP contribution in [0.5, 0.6) is 0 Å². The molecule has 1 unspecified atom stereocenters. The first-order valence-corrected chi connectivity index (χ1v) is 6.30. The van der Waals surface area contributed by atoms with Gasteiger partial charge in [0.15, 0.2) is 0 Å².